The molecule has 0 unspecified atom stereocenters. The van der Waals surface area contributed by atoms with Crippen LogP contribution >= 0.6 is 38.6 Å². The maximum absolute atomic E-state index is 9.97. The van der Waals surface area contributed by atoms with Crippen molar-refractivity contribution < 1.29 is 9.53 Å². The normalized spacial score (nSPS) is 8.18. The van der Waals surface area contributed by atoms with Gasteiger partial charge in [0.2, 0.25) is 0 Å². The van der Waals surface area contributed by atoms with Crippen molar-refractivity contribution in [1.29, 1.82) is 0 Å². The summed E-state index contributed by atoms with van der Waals surface area (Å²) >= 11 is 6.69. The van der Waals surface area contributed by atoms with E-state index in [9.17, 15) is 4.79 Å². The highest BCUT2D eigenvalue weighted by Gasteiger charge is 1.88. The van der Waals surface area contributed by atoms with E-state index in [1.165, 1.54) is 17.0 Å². The first-order valence-corrected chi connectivity index (χ1v) is 8.70. The molecule has 0 radical (unpaired) electrons. The molecule has 22 heavy (non-hydrogen) atoms. The van der Waals surface area contributed by atoms with Crippen LogP contribution < -0.4 is 0 Å². The third-order valence-corrected chi connectivity index (χ3v) is 3.98. The Hall–Kier alpha value is -1.17. The molecule has 2 nitrogen and oxygen atoms in total. The van der Waals surface area contributed by atoms with Gasteiger partial charge in [-0.15, -0.1) is 0 Å². The summed E-state index contributed by atoms with van der Waals surface area (Å²) in [5, 5.41) is 8.23. The predicted molar refractivity (Wildman–Crippen MR) is 104 cm³/mol. The van der Waals surface area contributed by atoms with Gasteiger partial charge < -0.3 is 4.74 Å². The number of rotatable bonds is 2. The van der Waals surface area contributed by atoms with E-state index in [1.807, 2.05) is 23.8 Å². The Morgan fingerprint density at radius 3 is 1.77 bits per heavy atom. The van der Waals surface area contributed by atoms with Gasteiger partial charge in [0, 0.05) is 16.8 Å². The maximum atomic E-state index is 9.97. The summed E-state index contributed by atoms with van der Waals surface area (Å²) < 4.78 is 5.59. The molecule has 2 rings (SSSR count). The minimum atomic E-state index is -0.312. The van der Waals surface area contributed by atoms with Crippen LogP contribution in [-0.2, 0) is 9.53 Å². The first-order chi connectivity index (χ1) is 9.82. The average molecular weight is 403 g/mol. The van der Waals surface area contributed by atoms with Crippen LogP contribution in [0.3, 0.4) is 0 Å². The molecule has 0 aliphatic heterocycles. The minimum Gasteiger partial charge on any atom is -0.432 e. The molecule has 0 bridgehead atoms. The lowest BCUT2D eigenvalue weighted by Gasteiger charge is -1.93. The Kier molecular flexibility index (Phi) is 14.2. The quantitative estimate of drug-likeness (QED) is 0.398. The lowest BCUT2D eigenvalue weighted by Crippen LogP contribution is -1.93. The van der Waals surface area contributed by atoms with Gasteiger partial charge in [0.15, 0.2) is 0 Å². The molecule has 0 fully saturated rings. The number of hydrogen-bond acceptors (Lipinski definition) is 4. The van der Waals surface area contributed by atoms with E-state index < -0.39 is 0 Å². The fourth-order valence-electron chi connectivity index (χ4n) is 1.00. The van der Waals surface area contributed by atoms with Crippen LogP contribution in [0.25, 0.3) is 5.57 Å². The lowest BCUT2D eigenvalue weighted by molar-refractivity contribution is -0.136. The smallest absolute Gasteiger partial charge is 0.307 e. The molecular formula is C17H23BrO2S2. The fraction of sp³-hybridized carbons (Fsp3) is 0.235. The number of hydrogen-bond donors (Lipinski definition) is 0. The molecule has 0 amide bonds. The van der Waals surface area contributed by atoms with Crippen LogP contribution in [0.5, 0.6) is 0 Å². The molecule has 0 saturated heterocycles. The Morgan fingerprint density at radius 1 is 1.09 bits per heavy atom. The zero-order valence-electron chi connectivity index (χ0n) is 12.4. The van der Waals surface area contributed by atoms with E-state index in [2.05, 4.69) is 50.7 Å². The third kappa shape index (κ3) is 13.8. The van der Waals surface area contributed by atoms with Gasteiger partial charge in [-0.05, 0) is 63.6 Å². The van der Waals surface area contributed by atoms with Gasteiger partial charge in [-0.2, -0.15) is 22.7 Å². The standard InChI is InChI=1S/C7H8S.C5H8O2.C4H3BrS.CH4/c1-6(2)7-3-4-8-5-7;1-4(2)7-5(3)6;5-4-1-2-6-3-4;/h3-5H,1H2,2H3;1H2,2-3H3;1-3H;1H4. The van der Waals surface area contributed by atoms with Crippen LogP contribution in [-0.4, -0.2) is 5.97 Å². The van der Waals surface area contributed by atoms with Crippen molar-refractivity contribution in [3.63, 3.8) is 0 Å². The van der Waals surface area contributed by atoms with Gasteiger partial charge in [0.25, 0.3) is 0 Å². The molecular weight excluding hydrogens is 380 g/mol. The number of esters is 1. The summed E-state index contributed by atoms with van der Waals surface area (Å²) in [4.78, 5) is 9.97. The van der Waals surface area contributed by atoms with E-state index in [0.29, 0.717) is 5.76 Å². The van der Waals surface area contributed by atoms with Gasteiger partial charge in [-0.1, -0.05) is 26.2 Å². The summed E-state index contributed by atoms with van der Waals surface area (Å²) in [6, 6.07) is 4.09. The van der Waals surface area contributed by atoms with E-state index in [0.717, 1.165) is 5.57 Å². The van der Waals surface area contributed by atoms with Gasteiger partial charge in [0.1, 0.15) is 0 Å². The molecule has 0 aliphatic rings. The van der Waals surface area contributed by atoms with Crippen LogP contribution in [0.4, 0.5) is 0 Å². The second-order valence-electron chi connectivity index (χ2n) is 4.03. The lowest BCUT2D eigenvalue weighted by atomic mass is 10.2. The second kappa shape index (κ2) is 13.5. The number of thiophene rings is 2. The molecule has 0 atom stereocenters. The Labute approximate surface area is 150 Å². The predicted octanol–water partition coefficient (Wildman–Crippen LogP) is 7.01. The van der Waals surface area contributed by atoms with Crippen molar-refractivity contribution >= 4 is 50.1 Å². The SMILES string of the molecule is Brc1ccsc1.C.C=C(C)OC(C)=O.C=C(C)c1ccsc1. The van der Waals surface area contributed by atoms with Crippen molar-refractivity contribution in [3.8, 4) is 0 Å². The maximum Gasteiger partial charge on any atom is 0.307 e. The van der Waals surface area contributed by atoms with Crippen molar-refractivity contribution in [1.82, 2.24) is 0 Å². The number of carbonyl (C=O) groups excluding carboxylic acids is 1. The van der Waals surface area contributed by atoms with Gasteiger partial charge in [0.05, 0.1) is 5.76 Å². The second-order valence-corrected chi connectivity index (χ2v) is 6.51. The first-order valence-electron chi connectivity index (χ1n) is 6.02. The highest BCUT2D eigenvalue weighted by Crippen LogP contribution is 2.13. The summed E-state index contributed by atoms with van der Waals surface area (Å²) in [5.41, 5.74) is 2.40. The molecule has 2 heterocycles. The summed E-state index contributed by atoms with van der Waals surface area (Å²) in [6.07, 6.45) is 0. The molecule has 0 saturated carbocycles. The molecule has 122 valence electrons. The van der Waals surface area contributed by atoms with E-state index >= 15 is 0 Å². The molecule has 0 aliphatic carbocycles. The highest BCUT2D eigenvalue weighted by atomic mass is 79.9. The Bertz CT molecular complexity index is 531. The largest absolute Gasteiger partial charge is 0.432 e. The fourth-order valence-corrected chi connectivity index (χ4v) is 2.87. The van der Waals surface area contributed by atoms with Crippen molar-refractivity contribution in [3.05, 3.63) is 62.6 Å². The molecule has 2 aromatic rings. The zero-order chi connectivity index (χ0) is 16.3. The Balaban J connectivity index is 0. The van der Waals surface area contributed by atoms with Crippen molar-refractivity contribution in [2.24, 2.45) is 0 Å². The molecule has 0 spiro atoms. The summed E-state index contributed by atoms with van der Waals surface area (Å²) in [5.74, 6) is 0.125. The van der Waals surface area contributed by atoms with Crippen LogP contribution in [0.2, 0.25) is 0 Å². The number of halogens is 1. The van der Waals surface area contributed by atoms with Gasteiger partial charge in [-0.3, -0.25) is 4.79 Å². The minimum absolute atomic E-state index is 0. The number of allylic oxidation sites excluding steroid dienone is 2. The average Bonchev–Trinajstić information content (AvgIpc) is 3.00. The zero-order valence-corrected chi connectivity index (χ0v) is 15.6. The van der Waals surface area contributed by atoms with Gasteiger partial charge >= 0.3 is 5.97 Å². The van der Waals surface area contributed by atoms with E-state index in [1.54, 1.807) is 29.6 Å². The topological polar surface area (TPSA) is 26.3 Å². The van der Waals surface area contributed by atoms with Crippen molar-refractivity contribution in [2.75, 3.05) is 0 Å². The third-order valence-electron chi connectivity index (χ3n) is 1.82. The molecule has 2 aromatic heterocycles. The van der Waals surface area contributed by atoms with E-state index in [4.69, 9.17) is 0 Å². The van der Waals surface area contributed by atoms with Crippen LogP contribution in [0, 0.1) is 0 Å². The van der Waals surface area contributed by atoms with Crippen LogP contribution in [0.15, 0.2) is 57.0 Å². The molecule has 5 heteroatoms. The van der Waals surface area contributed by atoms with E-state index in [-0.39, 0.29) is 13.4 Å². The first kappa shape index (κ1) is 23.1. The number of carbonyl (C=O) groups is 1. The summed E-state index contributed by atoms with van der Waals surface area (Å²) in [7, 11) is 0. The number of ether oxygens (including phenoxy) is 1. The Morgan fingerprint density at radius 2 is 1.64 bits per heavy atom. The highest BCUT2D eigenvalue weighted by molar-refractivity contribution is 9.10. The molecule has 0 aromatic carbocycles. The van der Waals surface area contributed by atoms with Gasteiger partial charge in [-0.25, -0.2) is 0 Å². The van der Waals surface area contributed by atoms with Crippen LogP contribution in [0.1, 0.15) is 33.8 Å². The summed E-state index contributed by atoms with van der Waals surface area (Å²) in [6.45, 7) is 12.1. The van der Waals surface area contributed by atoms with Crippen molar-refractivity contribution in [2.45, 2.75) is 28.2 Å². The monoisotopic (exact) mass is 402 g/mol. The molecule has 0 N–H and O–H groups in total.